The van der Waals surface area contributed by atoms with Crippen LogP contribution >= 0.6 is 0 Å². The molecular formula is C17H18N2. The Bertz CT molecular complexity index is 678. The van der Waals surface area contributed by atoms with Crippen LogP contribution in [0.25, 0.3) is 0 Å². The number of nitrogens with zero attached hydrogens (tertiary/aromatic N) is 1. The van der Waals surface area contributed by atoms with Crippen molar-refractivity contribution in [3.8, 4) is 0 Å². The quantitative estimate of drug-likeness (QED) is 0.768. The van der Waals surface area contributed by atoms with Crippen molar-refractivity contribution in [3.05, 3.63) is 59.7 Å². The molecule has 2 nitrogen and oxygen atoms in total. The summed E-state index contributed by atoms with van der Waals surface area (Å²) in [5, 5.41) is 3.74. The highest BCUT2D eigenvalue weighted by atomic mass is 15.4. The Morgan fingerprint density at radius 1 is 0.895 bits per heavy atom. The molecule has 19 heavy (non-hydrogen) atoms. The molecule has 0 saturated carbocycles. The SMILES string of the molecule is CN1c2ccccc2[C@@]2(C)c3ccccc3N[C@@]12C. The number of likely N-dealkylation sites (N-methyl/N-ethyl adjacent to an activating group) is 1. The zero-order valence-corrected chi connectivity index (χ0v) is 11.6. The van der Waals surface area contributed by atoms with Gasteiger partial charge in [-0.15, -0.1) is 0 Å². The van der Waals surface area contributed by atoms with Gasteiger partial charge in [-0.2, -0.15) is 0 Å². The molecule has 0 amide bonds. The molecule has 0 aliphatic carbocycles. The zero-order chi connectivity index (χ0) is 13.3. The number of nitrogens with one attached hydrogen (secondary N) is 1. The van der Waals surface area contributed by atoms with Crippen molar-refractivity contribution in [2.24, 2.45) is 0 Å². The number of hydrogen-bond donors (Lipinski definition) is 1. The molecule has 0 bridgehead atoms. The maximum absolute atomic E-state index is 3.74. The fourth-order valence-electron chi connectivity index (χ4n) is 3.93. The van der Waals surface area contributed by atoms with Crippen molar-refractivity contribution in [1.29, 1.82) is 0 Å². The van der Waals surface area contributed by atoms with E-state index in [2.05, 4.69) is 79.6 Å². The minimum atomic E-state index is -0.0969. The fourth-order valence-corrected chi connectivity index (χ4v) is 3.93. The maximum atomic E-state index is 3.74. The second-order valence-electron chi connectivity index (χ2n) is 5.94. The number of anilines is 2. The van der Waals surface area contributed by atoms with Crippen LogP contribution in [-0.4, -0.2) is 12.7 Å². The molecule has 0 spiro atoms. The predicted octanol–water partition coefficient (Wildman–Crippen LogP) is 3.58. The lowest BCUT2D eigenvalue weighted by Crippen LogP contribution is -2.55. The second kappa shape index (κ2) is 3.13. The van der Waals surface area contributed by atoms with Crippen LogP contribution in [0, 0.1) is 0 Å². The molecule has 0 fully saturated rings. The third-order valence-electron chi connectivity index (χ3n) is 5.29. The number of hydrogen-bond acceptors (Lipinski definition) is 2. The monoisotopic (exact) mass is 250 g/mol. The summed E-state index contributed by atoms with van der Waals surface area (Å²) in [6, 6.07) is 17.4. The molecule has 2 aliphatic rings. The molecule has 2 aliphatic heterocycles. The van der Waals surface area contributed by atoms with E-state index in [9.17, 15) is 0 Å². The van der Waals surface area contributed by atoms with Crippen molar-refractivity contribution in [1.82, 2.24) is 0 Å². The first-order chi connectivity index (χ1) is 9.09. The number of benzene rings is 2. The van der Waals surface area contributed by atoms with Gasteiger partial charge in [0.25, 0.3) is 0 Å². The molecule has 2 heteroatoms. The van der Waals surface area contributed by atoms with Crippen LogP contribution in [0.1, 0.15) is 25.0 Å². The lowest BCUT2D eigenvalue weighted by Gasteiger charge is -2.40. The smallest absolute Gasteiger partial charge is 0.121 e. The molecule has 2 aromatic carbocycles. The van der Waals surface area contributed by atoms with Gasteiger partial charge in [-0.3, -0.25) is 0 Å². The Hall–Kier alpha value is -1.96. The second-order valence-corrected chi connectivity index (χ2v) is 5.94. The topological polar surface area (TPSA) is 15.3 Å². The van der Waals surface area contributed by atoms with Crippen molar-refractivity contribution in [2.75, 3.05) is 17.3 Å². The van der Waals surface area contributed by atoms with Crippen molar-refractivity contribution >= 4 is 11.4 Å². The van der Waals surface area contributed by atoms with E-state index in [1.165, 1.54) is 22.5 Å². The average Bonchev–Trinajstić information content (AvgIpc) is 2.77. The molecule has 2 atom stereocenters. The molecular weight excluding hydrogens is 232 g/mol. The van der Waals surface area contributed by atoms with Crippen molar-refractivity contribution < 1.29 is 0 Å². The Labute approximate surface area is 114 Å². The zero-order valence-electron chi connectivity index (χ0n) is 11.6. The van der Waals surface area contributed by atoms with E-state index in [-0.39, 0.29) is 11.1 Å². The third kappa shape index (κ3) is 1.01. The van der Waals surface area contributed by atoms with Crippen LogP contribution in [0.5, 0.6) is 0 Å². The first-order valence-corrected chi connectivity index (χ1v) is 6.80. The van der Waals surface area contributed by atoms with Gasteiger partial charge >= 0.3 is 0 Å². The molecule has 0 radical (unpaired) electrons. The van der Waals surface area contributed by atoms with E-state index >= 15 is 0 Å². The van der Waals surface area contributed by atoms with Gasteiger partial charge in [0.1, 0.15) is 5.66 Å². The summed E-state index contributed by atoms with van der Waals surface area (Å²) in [5.41, 5.74) is 5.30. The van der Waals surface area contributed by atoms with Gasteiger partial charge in [-0.1, -0.05) is 36.4 Å². The summed E-state index contributed by atoms with van der Waals surface area (Å²) in [4.78, 5) is 2.38. The fraction of sp³-hybridized carbons (Fsp3) is 0.294. The Balaban J connectivity index is 2.09. The summed E-state index contributed by atoms with van der Waals surface area (Å²) >= 11 is 0. The van der Waals surface area contributed by atoms with Gasteiger partial charge in [-0.05, 0) is 37.1 Å². The van der Waals surface area contributed by atoms with Gasteiger partial charge in [0.2, 0.25) is 0 Å². The number of para-hydroxylation sites is 2. The highest BCUT2D eigenvalue weighted by molar-refractivity contribution is 5.79. The number of rotatable bonds is 0. The van der Waals surface area contributed by atoms with Crippen LogP contribution < -0.4 is 10.2 Å². The van der Waals surface area contributed by atoms with E-state index in [4.69, 9.17) is 0 Å². The van der Waals surface area contributed by atoms with Crippen LogP contribution in [-0.2, 0) is 5.41 Å². The Morgan fingerprint density at radius 2 is 1.53 bits per heavy atom. The van der Waals surface area contributed by atoms with E-state index in [1.54, 1.807) is 0 Å². The Morgan fingerprint density at radius 3 is 2.32 bits per heavy atom. The van der Waals surface area contributed by atoms with E-state index in [0.717, 1.165) is 0 Å². The summed E-state index contributed by atoms with van der Waals surface area (Å²) < 4.78 is 0. The molecule has 1 N–H and O–H groups in total. The molecule has 2 aromatic rings. The average molecular weight is 250 g/mol. The highest BCUT2D eigenvalue weighted by Crippen LogP contribution is 2.59. The van der Waals surface area contributed by atoms with Gasteiger partial charge in [0.05, 0.1) is 5.41 Å². The summed E-state index contributed by atoms with van der Waals surface area (Å²) in [5.74, 6) is 0. The van der Waals surface area contributed by atoms with Crippen LogP contribution in [0.4, 0.5) is 11.4 Å². The first kappa shape index (κ1) is 10.9. The van der Waals surface area contributed by atoms with Gasteiger partial charge in [0, 0.05) is 18.4 Å². The molecule has 0 saturated heterocycles. The maximum Gasteiger partial charge on any atom is 0.121 e. The molecule has 96 valence electrons. The van der Waals surface area contributed by atoms with Crippen LogP contribution in [0.15, 0.2) is 48.5 Å². The molecule has 0 unspecified atom stereocenters. The highest BCUT2D eigenvalue weighted by Gasteiger charge is 2.60. The molecule has 4 rings (SSSR count). The summed E-state index contributed by atoms with van der Waals surface area (Å²) in [6.45, 7) is 4.65. The standard InChI is InChI=1S/C17H18N2/c1-16-12-8-4-6-10-14(12)18-17(16,2)19(3)15-11-7-5-9-13(15)16/h4-11,18H,1-3H3/t16-,17+/m1/s1. The summed E-state index contributed by atoms with van der Waals surface area (Å²) in [7, 11) is 2.18. The normalized spacial score (nSPS) is 30.6. The van der Waals surface area contributed by atoms with Crippen molar-refractivity contribution in [3.63, 3.8) is 0 Å². The van der Waals surface area contributed by atoms with Gasteiger partial charge in [-0.25, -0.2) is 0 Å². The minimum Gasteiger partial charge on any atom is -0.362 e. The Kier molecular flexibility index (Phi) is 1.80. The van der Waals surface area contributed by atoms with E-state index < -0.39 is 0 Å². The van der Waals surface area contributed by atoms with Crippen molar-refractivity contribution in [2.45, 2.75) is 24.9 Å². The third-order valence-corrected chi connectivity index (χ3v) is 5.29. The molecule has 0 aromatic heterocycles. The largest absolute Gasteiger partial charge is 0.362 e. The first-order valence-electron chi connectivity index (χ1n) is 6.80. The predicted molar refractivity (Wildman–Crippen MR) is 79.8 cm³/mol. The van der Waals surface area contributed by atoms with Gasteiger partial charge in [0.15, 0.2) is 0 Å². The van der Waals surface area contributed by atoms with E-state index in [0.29, 0.717) is 0 Å². The van der Waals surface area contributed by atoms with Crippen LogP contribution in [0.2, 0.25) is 0 Å². The van der Waals surface area contributed by atoms with E-state index in [1.807, 2.05) is 0 Å². The number of fused-ring (bicyclic) bond motifs is 5. The lowest BCUT2D eigenvalue weighted by atomic mass is 9.72. The lowest BCUT2D eigenvalue weighted by molar-refractivity contribution is 0.385. The minimum absolute atomic E-state index is 0.00502. The van der Waals surface area contributed by atoms with Crippen LogP contribution in [0.3, 0.4) is 0 Å². The molecule has 2 heterocycles. The summed E-state index contributed by atoms with van der Waals surface area (Å²) in [6.07, 6.45) is 0. The van der Waals surface area contributed by atoms with Gasteiger partial charge < -0.3 is 10.2 Å².